The van der Waals surface area contributed by atoms with Crippen LogP contribution in [0.15, 0.2) is 76.6 Å². The molecule has 10 heteroatoms. The molecular formula is C30H24F4N2O3S. The lowest BCUT2D eigenvalue weighted by Gasteiger charge is -2.25. The molecule has 40 heavy (non-hydrogen) atoms. The summed E-state index contributed by atoms with van der Waals surface area (Å²) in [4.78, 5) is 14.2. The standard InChI is InChI=1S/C30H24F4N2O3S/c1-16-19(13-20-21(30(32,33)34)8-5-9-22(20)31)29-36(23(14-40-29)27(35)17-6-3-2-4-7-17)28(37)26(16)18-10-11-24-25(12-18)39-15-38-24/h2-12,23,27H,13-15,35H2,1H3. The molecule has 0 bridgehead atoms. The Morgan fingerprint density at radius 1 is 1.02 bits per heavy atom. The van der Waals surface area contributed by atoms with Crippen LogP contribution in [0.1, 0.15) is 39.9 Å². The Kier molecular flexibility index (Phi) is 6.62. The van der Waals surface area contributed by atoms with Crippen LogP contribution in [0.5, 0.6) is 11.5 Å². The minimum atomic E-state index is -4.74. The lowest BCUT2D eigenvalue weighted by atomic mass is 9.92. The Balaban J connectivity index is 1.58. The normalized spacial score (nSPS) is 16.7. The molecule has 4 aromatic rings. The van der Waals surface area contributed by atoms with Gasteiger partial charge in [0.2, 0.25) is 6.79 Å². The zero-order valence-corrected chi connectivity index (χ0v) is 22.1. The highest BCUT2D eigenvalue weighted by molar-refractivity contribution is 7.99. The summed E-state index contributed by atoms with van der Waals surface area (Å²) >= 11 is 1.35. The van der Waals surface area contributed by atoms with Gasteiger partial charge >= 0.3 is 6.18 Å². The largest absolute Gasteiger partial charge is 0.454 e. The van der Waals surface area contributed by atoms with Gasteiger partial charge in [-0.1, -0.05) is 42.5 Å². The maximum Gasteiger partial charge on any atom is 0.416 e. The average molecular weight is 569 g/mol. The van der Waals surface area contributed by atoms with Crippen LogP contribution in [-0.4, -0.2) is 17.1 Å². The molecule has 2 aliphatic rings. The zero-order valence-electron chi connectivity index (χ0n) is 21.3. The summed E-state index contributed by atoms with van der Waals surface area (Å²) in [5.41, 5.74) is 7.44. The summed E-state index contributed by atoms with van der Waals surface area (Å²) in [6, 6.07) is 16.4. The van der Waals surface area contributed by atoms with Gasteiger partial charge in [0.05, 0.1) is 28.2 Å². The maximum absolute atomic E-state index is 15.0. The van der Waals surface area contributed by atoms with E-state index in [2.05, 4.69) is 0 Å². The third kappa shape index (κ3) is 4.45. The van der Waals surface area contributed by atoms with Crippen molar-refractivity contribution in [3.05, 3.63) is 111 Å². The Morgan fingerprint density at radius 2 is 1.77 bits per heavy atom. The van der Waals surface area contributed by atoms with Crippen LogP contribution < -0.4 is 20.8 Å². The smallest absolute Gasteiger partial charge is 0.416 e. The first-order valence-corrected chi connectivity index (χ1v) is 13.6. The molecule has 5 nitrogen and oxygen atoms in total. The van der Waals surface area contributed by atoms with E-state index in [-0.39, 0.29) is 18.8 Å². The van der Waals surface area contributed by atoms with Crippen molar-refractivity contribution in [1.29, 1.82) is 0 Å². The molecule has 2 atom stereocenters. The molecule has 2 N–H and O–H groups in total. The van der Waals surface area contributed by atoms with Crippen LogP contribution in [0.25, 0.3) is 11.1 Å². The van der Waals surface area contributed by atoms with E-state index >= 15 is 4.39 Å². The van der Waals surface area contributed by atoms with Crippen molar-refractivity contribution in [3.63, 3.8) is 0 Å². The third-order valence-corrected chi connectivity index (χ3v) is 8.72. The zero-order chi connectivity index (χ0) is 28.2. The first-order valence-electron chi connectivity index (χ1n) is 12.6. The van der Waals surface area contributed by atoms with Crippen molar-refractivity contribution in [1.82, 2.24) is 4.57 Å². The average Bonchev–Trinajstić information content (AvgIpc) is 3.59. The molecule has 1 aromatic heterocycles. The predicted molar refractivity (Wildman–Crippen MR) is 144 cm³/mol. The topological polar surface area (TPSA) is 66.5 Å². The minimum Gasteiger partial charge on any atom is -0.454 e. The number of pyridine rings is 1. The quantitative estimate of drug-likeness (QED) is 0.273. The van der Waals surface area contributed by atoms with Crippen molar-refractivity contribution in [2.75, 3.05) is 12.5 Å². The lowest BCUT2D eigenvalue weighted by Crippen LogP contribution is -2.33. The molecule has 2 unspecified atom stereocenters. The Labute approximate surface area is 231 Å². The number of rotatable bonds is 5. The summed E-state index contributed by atoms with van der Waals surface area (Å²) < 4.78 is 69.3. The van der Waals surface area contributed by atoms with E-state index in [4.69, 9.17) is 15.2 Å². The summed E-state index contributed by atoms with van der Waals surface area (Å²) in [5, 5.41) is 0.500. The van der Waals surface area contributed by atoms with Crippen molar-refractivity contribution >= 4 is 11.8 Å². The number of fused-ring (bicyclic) bond motifs is 2. The number of nitrogens with zero attached hydrogens (tertiary/aromatic N) is 1. The molecule has 3 heterocycles. The first kappa shape index (κ1) is 26.5. The van der Waals surface area contributed by atoms with Gasteiger partial charge in [-0.25, -0.2) is 4.39 Å². The predicted octanol–water partition coefficient (Wildman–Crippen LogP) is 6.65. The van der Waals surface area contributed by atoms with E-state index in [9.17, 15) is 18.0 Å². The number of halogens is 4. The van der Waals surface area contributed by atoms with E-state index in [0.29, 0.717) is 44.5 Å². The van der Waals surface area contributed by atoms with Gasteiger partial charge < -0.3 is 15.2 Å². The van der Waals surface area contributed by atoms with Crippen LogP contribution in [0.3, 0.4) is 0 Å². The molecule has 6 rings (SSSR count). The number of hydrogen-bond acceptors (Lipinski definition) is 5. The summed E-state index contributed by atoms with van der Waals surface area (Å²) in [6.07, 6.45) is -5.09. The number of benzene rings is 3. The van der Waals surface area contributed by atoms with Crippen LogP contribution in [0.4, 0.5) is 17.6 Å². The van der Waals surface area contributed by atoms with Crippen molar-refractivity contribution in [2.45, 2.75) is 36.6 Å². The fourth-order valence-electron chi connectivity index (χ4n) is 5.47. The van der Waals surface area contributed by atoms with Crippen LogP contribution in [0, 0.1) is 12.7 Å². The molecule has 0 saturated heterocycles. The van der Waals surface area contributed by atoms with E-state index in [0.717, 1.165) is 23.8 Å². The summed E-state index contributed by atoms with van der Waals surface area (Å²) in [7, 11) is 0. The number of thioether (sulfide) groups is 1. The number of alkyl halides is 3. The van der Waals surface area contributed by atoms with Gasteiger partial charge in [0, 0.05) is 17.7 Å². The van der Waals surface area contributed by atoms with Gasteiger partial charge in [-0.3, -0.25) is 9.36 Å². The molecule has 0 spiro atoms. The van der Waals surface area contributed by atoms with Crippen LogP contribution in [0.2, 0.25) is 0 Å². The van der Waals surface area contributed by atoms with E-state index in [1.807, 2.05) is 30.3 Å². The molecule has 0 saturated carbocycles. The van der Waals surface area contributed by atoms with Gasteiger partial charge in [0.15, 0.2) is 11.5 Å². The molecule has 3 aromatic carbocycles. The molecule has 206 valence electrons. The fourth-order valence-corrected chi connectivity index (χ4v) is 6.91. The Bertz CT molecular complexity index is 1670. The molecule has 0 radical (unpaired) electrons. The molecule has 0 amide bonds. The molecule has 0 fully saturated rings. The number of nitrogens with two attached hydrogens (primary N) is 1. The van der Waals surface area contributed by atoms with Crippen LogP contribution >= 0.6 is 11.8 Å². The highest BCUT2D eigenvalue weighted by atomic mass is 32.2. The maximum atomic E-state index is 15.0. The highest BCUT2D eigenvalue weighted by Crippen LogP contribution is 2.45. The van der Waals surface area contributed by atoms with E-state index in [1.165, 1.54) is 11.8 Å². The van der Waals surface area contributed by atoms with Gasteiger partial charge in [-0.2, -0.15) is 13.2 Å². The van der Waals surface area contributed by atoms with Crippen LogP contribution in [-0.2, 0) is 12.6 Å². The highest BCUT2D eigenvalue weighted by Gasteiger charge is 2.38. The van der Waals surface area contributed by atoms with Gasteiger partial charge in [-0.05, 0) is 53.4 Å². The first-order chi connectivity index (χ1) is 19.1. The van der Waals surface area contributed by atoms with Gasteiger partial charge in [0.1, 0.15) is 5.82 Å². The van der Waals surface area contributed by atoms with Crippen molar-refractivity contribution in [3.8, 4) is 22.6 Å². The van der Waals surface area contributed by atoms with Gasteiger partial charge in [0.25, 0.3) is 5.56 Å². The van der Waals surface area contributed by atoms with Crippen molar-refractivity contribution in [2.24, 2.45) is 5.73 Å². The third-order valence-electron chi connectivity index (χ3n) is 7.50. The summed E-state index contributed by atoms with van der Waals surface area (Å²) in [6.45, 7) is 1.74. The van der Waals surface area contributed by atoms with E-state index < -0.39 is 35.2 Å². The summed E-state index contributed by atoms with van der Waals surface area (Å²) in [5.74, 6) is 0.475. The lowest BCUT2D eigenvalue weighted by molar-refractivity contribution is -0.138. The minimum absolute atomic E-state index is 0.0460. The Morgan fingerprint density at radius 3 is 2.52 bits per heavy atom. The molecule has 0 aliphatic carbocycles. The second-order valence-electron chi connectivity index (χ2n) is 9.78. The number of hydrogen-bond donors (Lipinski definition) is 1. The van der Waals surface area contributed by atoms with Crippen molar-refractivity contribution < 1.29 is 27.0 Å². The van der Waals surface area contributed by atoms with E-state index in [1.54, 1.807) is 29.7 Å². The Hall–Kier alpha value is -3.76. The second kappa shape index (κ2) is 10.0. The molecule has 2 aliphatic heterocycles. The SMILES string of the molecule is Cc1c(Cc2c(F)cccc2C(F)(F)F)c2n(c(=O)c1-c1ccc3c(c1)OCO3)C(C(N)c1ccccc1)CS2. The van der Waals surface area contributed by atoms with Gasteiger partial charge in [-0.15, -0.1) is 11.8 Å². The second-order valence-corrected chi connectivity index (χ2v) is 10.8. The number of aromatic nitrogens is 1. The molecular weight excluding hydrogens is 544 g/mol. The fraction of sp³-hybridized carbons (Fsp3) is 0.233. The number of ether oxygens (including phenoxy) is 2. The monoisotopic (exact) mass is 568 g/mol.